The fourth-order valence-electron chi connectivity index (χ4n) is 1.08. The van der Waals surface area contributed by atoms with Crippen molar-refractivity contribution in [1.29, 1.82) is 5.26 Å². The molecular formula is C10H11N3O. The van der Waals surface area contributed by atoms with Gasteiger partial charge in [0.05, 0.1) is 11.6 Å². The second-order valence-corrected chi connectivity index (χ2v) is 2.88. The Balaban J connectivity index is 3.05. The molecule has 0 bridgehead atoms. The molecule has 4 nitrogen and oxygen atoms in total. The SMILES string of the molecule is CCc1cc(C#N)cc(NC(C)=O)n1. The van der Waals surface area contributed by atoms with E-state index >= 15 is 0 Å². The molecule has 1 N–H and O–H groups in total. The first-order valence-corrected chi connectivity index (χ1v) is 4.34. The van der Waals surface area contributed by atoms with Crippen LogP contribution in [0.3, 0.4) is 0 Å². The van der Waals surface area contributed by atoms with Crippen molar-refractivity contribution in [2.24, 2.45) is 0 Å². The zero-order valence-electron chi connectivity index (χ0n) is 8.16. The van der Waals surface area contributed by atoms with Crippen LogP contribution in [0.2, 0.25) is 0 Å². The Morgan fingerprint density at radius 2 is 2.36 bits per heavy atom. The van der Waals surface area contributed by atoms with E-state index in [4.69, 9.17) is 5.26 Å². The zero-order valence-corrected chi connectivity index (χ0v) is 8.16. The Morgan fingerprint density at radius 3 is 2.86 bits per heavy atom. The van der Waals surface area contributed by atoms with E-state index in [9.17, 15) is 4.79 Å². The molecule has 0 aliphatic carbocycles. The molecule has 72 valence electrons. The van der Waals surface area contributed by atoms with Crippen molar-refractivity contribution in [2.75, 3.05) is 5.32 Å². The summed E-state index contributed by atoms with van der Waals surface area (Å²) >= 11 is 0. The Kier molecular flexibility index (Phi) is 3.19. The molecule has 0 atom stereocenters. The summed E-state index contributed by atoms with van der Waals surface area (Å²) < 4.78 is 0. The van der Waals surface area contributed by atoms with E-state index in [1.54, 1.807) is 12.1 Å². The molecule has 0 fully saturated rings. The van der Waals surface area contributed by atoms with Crippen molar-refractivity contribution in [3.63, 3.8) is 0 Å². The van der Waals surface area contributed by atoms with Gasteiger partial charge < -0.3 is 5.32 Å². The standard InChI is InChI=1S/C10H11N3O/c1-3-9-4-8(6-11)5-10(13-9)12-7(2)14/h4-5H,3H2,1-2H3,(H,12,13,14). The lowest BCUT2D eigenvalue weighted by Gasteiger charge is -2.03. The average molecular weight is 189 g/mol. The first kappa shape index (κ1) is 10.2. The number of nitrogens with one attached hydrogen (secondary N) is 1. The number of anilines is 1. The fraction of sp³-hybridized carbons (Fsp3) is 0.300. The smallest absolute Gasteiger partial charge is 0.222 e. The molecule has 1 aromatic rings. The van der Waals surface area contributed by atoms with E-state index in [2.05, 4.69) is 10.3 Å². The summed E-state index contributed by atoms with van der Waals surface area (Å²) in [6.07, 6.45) is 0.738. The van der Waals surface area contributed by atoms with E-state index in [-0.39, 0.29) is 5.91 Å². The lowest BCUT2D eigenvalue weighted by atomic mass is 10.2. The molecule has 0 saturated carbocycles. The van der Waals surface area contributed by atoms with Crippen LogP contribution in [0.4, 0.5) is 5.82 Å². The summed E-state index contributed by atoms with van der Waals surface area (Å²) in [6.45, 7) is 3.35. The van der Waals surface area contributed by atoms with Gasteiger partial charge in [0.2, 0.25) is 5.91 Å². The van der Waals surface area contributed by atoms with E-state index in [0.717, 1.165) is 12.1 Å². The van der Waals surface area contributed by atoms with Gasteiger partial charge in [0.15, 0.2) is 0 Å². The largest absolute Gasteiger partial charge is 0.311 e. The lowest BCUT2D eigenvalue weighted by molar-refractivity contribution is -0.114. The monoisotopic (exact) mass is 189 g/mol. The third kappa shape index (κ3) is 2.56. The first-order chi connectivity index (χ1) is 6.65. The Labute approximate surface area is 82.6 Å². The predicted molar refractivity (Wildman–Crippen MR) is 52.6 cm³/mol. The quantitative estimate of drug-likeness (QED) is 0.766. The number of hydrogen-bond donors (Lipinski definition) is 1. The second kappa shape index (κ2) is 4.38. The van der Waals surface area contributed by atoms with Crippen LogP contribution in [-0.4, -0.2) is 10.9 Å². The summed E-state index contributed by atoms with van der Waals surface area (Å²) in [4.78, 5) is 14.9. The van der Waals surface area contributed by atoms with Crippen LogP contribution in [0.15, 0.2) is 12.1 Å². The molecule has 0 spiro atoms. The Hall–Kier alpha value is -1.89. The van der Waals surface area contributed by atoms with Crippen molar-refractivity contribution < 1.29 is 4.79 Å². The van der Waals surface area contributed by atoms with E-state index in [1.165, 1.54) is 6.92 Å². The number of pyridine rings is 1. The van der Waals surface area contributed by atoms with Gasteiger partial charge >= 0.3 is 0 Å². The number of carbonyl (C=O) groups is 1. The minimum Gasteiger partial charge on any atom is -0.311 e. The van der Waals surface area contributed by atoms with Gasteiger partial charge in [0, 0.05) is 12.6 Å². The molecule has 1 heterocycles. The lowest BCUT2D eigenvalue weighted by Crippen LogP contribution is -2.08. The van der Waals surface area contributed by atoms with Gasteiger partial charge in [0.1, 0.15) is 5.82 Å². The van der Waals surface area contributed by atoms with Gasteiger partial charge in [0.25, 0.3) is 0 Å². The highest BCUT2D eigenvalue weighted by Crippen LogP contribution is 2.10. The maximum atomic E-state index is 10.8. The van der Waals surface area contributed by atoms with Crippen molar-refractivity contribution in [1.82, 2.24) is 4.98 Å². The molecule has 0 aliphatic rings. The molecule has 1 rings (SSSR count). The average Bonchev–Trinajstić information content (AvgIpc) is 2.16. The fourth-order valence-corrected chi connectivity index (χ4v) is 1.08. The van der Waals surface area contributed by atoms with Crippen LogP contribution in [0.1, 0.15) is 25.1 Å². The highest BCUT2D eigenvalue weighted by atomic mass is 16.1. The van der Waals surface area contributed by atoms with Gasteiger partial charge in [-0.2, -0.15) is 5.26 Å². The van der Waals surface area contributed by atoms with Crippen molar-refractivity contribution in [3.05, 3.63) is 23.4 Å². The van der Waals surface area contributed by atoms with Crippen LogP contribution in [0, 0.1) is 11.3 Å². The molecule has 1 amide bonds. The number of carbonyl (C=O) groups excluding carboxylic acids is 1. The number of rotatable bonds is 2. The van der Waals surface area contributed by atoms with E-state index in [1.807, 2.05) is 13.0 Å². The summed E-state index contributed by atoms with van der Waals surface area (Å²) in [5, 5.41) is 11.3. The van der Waals surface area contributed by atoms with Crippen molar-refractivity contribution in [2.45, 2.75) is 20.3 Å². The molecule has 0 saturated heterocycles. The first-order valence-electron chi connectivity index (χ1n) is 4.34. The van der Waals surface area contributed by atoms with Crippen molar-refractivity contribution >= 4 is 11.7 Å². The van der Waals surface area contributed by atoms with Crippen LogP contribution in [0.5, 0.6) is 0 Å². The minimum absolute atomic E-state index is 0.186. The summed E-state index contributed by atoms with van der Waals surface area (Å²) in [7, 11) is 0. The molecule has 0 aliphatic heterocycles. The highest BCUT2D eigenvalue weighted by molar-refractivity contribution is 5.87. The molecule has 14 heavy (non-hydrogen) atoms. The number of amides is 1. The summed E-state index contributed by atoms with van der Waals surface area (Å²) in [5.74, 6) is 0.253. The molecule has 0 aromatic carbocycles. The normalized spacial score (nSPS) is 9.21. The molecule has 4 heteroatoms. The third-order valence-electron chi connectivity index (χ3n) is 1.67. The Morgan fingerprint density at radius 1 is 1.64 bits per heavy atom. The van der Waals surface area contributed by atoms with E-state index < -0.39 is 0 Å². The van der Waals surface area contributed by atoms with Crippen LogP contribution in [-0.2, 0) is 11.2 Å². The van der Waals surface area contributed by atoms with E-state index in [0.29, 0.717) is 11.4 Å². The second-order valence-electron chi connectivity index (χ2n) is 2.88. The number of hydrogen-bond acceptors (Lipinski definition) is 3. The number of nitriles is 1. The molecule has 1 aromatic heterocycles. The minimum atomic E-state index is -0.186. The Bertz CT molecular complexity index is 393. The van der Waals surface area contributed by atoms with Crippen LogP contribution >= 0.6 is 0 Å². The zero-order chi connectivity index (χ0) is 10.6. The third-order valence-corrected chi connectivity index (χ3v) is 1.67. The number of aromatic nitrogens is 1. The topological polar surface area (TPSA) is 65.8 Å². The maximum absolute atomic E-state index is 10.8. The van der Waals surface area contributed by atoms with Gasteiger partial charge in [-0.15, -0.1) is 0 Å². The van der Waals surface area contributed by atoms with Crippen LogP contribution in [0.25, 0.3) is 0 Å². The highest BCUT2D eigenvalue weighted by Gasteiger charge is 2.02. The van der Waals surface area contributed by atoms with Gasteiger partial charge in [-0.25, -0.2) is 4.98 Å². The van der Waals surface area contributed by atoms with Gasteiger partial charge in [-0.1, -0.05) is 6.92 Å². The molecule has 0 radical (unpaired) electrons. The number of aryl methyl sites for hydroxylation is 1. The van der Waals surface area contributed by atoms with Gasteiger partial charge in [-0.05, 0) is 18.6 Å². The predicted octanol–water partition coefficient (Wildman–Crippen LogP) is 1.47. The molecule has 0 unspecified atom stereocenters. The summed E-state index contributed by atoms with van der Waals surface area (Å²) in [5.41, 5.74) is 1.31. The maximum Gasteiger partial charge on any atom is 0.222 e. The van der Waals surface area contributed by atoms with Crippen molar-refractivity contribution in [3.8, 4) is 6.07 Å². The number of nitrogens with zero attached hydrogens (tertiary/aromatic N) is 2. The van der Waals surface area contributed by atoms with Crippen LogP contribution < -0.4 is 5.32 Å². The van der Waals surface area contributed by atoms with Gasteiger partial charge in [-0.3, -0.25) is 4.79 Å². The summed E-state index contributed by atoms with van der Waals surface area (Å²) in [6, 6.07) is 5.29. The molecular weight excluding hydrogens is 178 g/mol.